The molecular formula is C16H33ClN4O2. The third-order valence-electron chi connectivity index (χ3n) is 3.99. The summed E-state index contributed by atoms with van der Waals surface area (Å²) in [6.45, 7) is 9.52. The van der Waals surface area contributed by atoms with E-state index in [1.54, 1.807) is 0 Å². The molecule has 7 heteroatoms. The first-order valence-electron chi connectivity index (χ1n) is 8.41. The average Bonchev–Trinajstić information content (AvgIpc) is 2.50. The van der Waals surface area contributed by atoms with Crippen molar-refractivity contribution in [3.63, 3.8) is 0 Å². The van der Waals surface area contributed by atoms with Gasteiger partial charge in [-0.3, -0.25) is 4.79 Å². The molecule has 0 aliphatic carbocycles. The Labute approximate surface area is 146 Å². The molecule has 0 saturated carbocycles. The first-order chi connectivity index (χ1) is 10.4. The van der Waals surface area contributed by atoms with Crippen LogP contribution in [0.4, 0.5) is 4.79 Å². The molecule has 136 valence electrons. The SMILES string of the molecule is CC(C)CNC(=O)N1CCCC(CC(=O)NCC(C)CN)C1.Cl. The molecule has 1 rings (SSSR count). The lowest BCUT2D eigenvalue weighted by Crippen LogP contribution is -2.47. The second-order valence-corrected chi connectivity index (χ2v) is 6.88. The first-order valence-corrected chi connectivity index (χ1v) is 8.41. The monoisotopic (exact) mass is 348 g/mol. The van der Waals surface area contributed by atoms with Crippen LogP contribution in [0, 0.1) is 17.8 Å². The van der Waals surface area contributed by atoms with E-state index in [9.17, 15) is 9.59 Å². The largest absolute Gasteiger partial charge is 0.356 e. The zero-order valence-electron chi connectivity index (χ0n) is 14.6. The number of nitrogens with zero attached hydrogens (tertiary/aromatic N) is 1. The van der Waals surface area contributed by atoms with Crippen molar-refractivity contribution in [3.05, 3.63) is 0 Å². The second-order valence-electron chi connectivity index (χ2n) is 6.88. The van der Waals surface area contributed by atoms with Gasteiger partial charge in [-0.2, -0.15) is 0 Å². The van der Waals surface area contributed by atoms with E-state index in [1.165, 1.54) is 0 Å². The van der Waals surface area contributed by atoms with Crippen LogP contribution >= 0.6 is 12.4 Å². The average molecular weight is 349 g/mol. The smallest absolute Gasteiger partial charge is 0.317 e. The fourth-order valence-electron chi connectivity index (χ4n) is 2.53. The number of piperidine rings is 1. The minimum Gasteiger partial charge on any atom is -0.356 e. The summed E-state index contributed by atoms with van der Waals surface area (Å²) in [5.74, 6) is 1.06. The summed E-state index contributed by atoms with van der Waals surface area (Å²) in [6, 6.07) is -0.00411. The molecule has 1 fully saturated rings. The number of halogens is 1. The molecule has 1 aliphatic heterocycles. The number of urea groups is 1. The zero-order chi connectivity index (χ0) is 16.5. The standard InChI is InChI=1S/C16H32N4O2.ClH/c1-12(2)9-19-16(22)20-6-4-5-14(11-20)7-15(21)18-10-13(3)8-17;/h12-14H,4-11,17H2,1-3H3,(H,18,21)(H,19,22);1H. The molecule has 2 unspecified atom stereocenters. The number of rotatable bonds is 7. The molecule has 1 heterocycles. The lowest BCUT2D eigenvalue weighted by Gasteiger charge is -2.32. The zero-order valence-corrected chi connectivity index (χ0v) is 15.5. The maximum Gasteiger partial charge on any atom is 0.317 e. The summed E-state index contributed by atoms with van der Waals surface area (Å²) in [6.07, 6.45) is 2.46. The van der Waals surface area contributed by atoms with Crippen molar-refractivity contribution >= 4 is 24.3 Å². The topological polar surface area (TPSA) is 87.5 Å². The van der Waals surface area contributed by atoms with E-state index < -0.39 is 0 Å². The molecule has 0 radical (unpaired) electrons. The molecule has 23 heavy (non-hydrogen) atoms. The molecule has 0 bridgehead atoms. The molecular weight excluding hydrogens is 316 g/mol. The molecule has 6 nitrogen and oxygen atoms in total. The van der Waals surface area contributed by atoms with Crippen LogP contribution in [-0.4, -0.2) is 49.6 Å². The number of carbonyl (C=O) groups excluding carboxylic acids is 2. The third kappa shape index (κ3) is 9.01. The summed E-state index contributed by atoms with van der Waals surface area (Å²) >= 11 is 0. The first kappa shape index (κ1) is 22.0. The van der Waals surface area contributed by atoms with Crippen molar-refractivity contribution in [2.24, 2.45) is 23.5 Å². The predicted molar refractivity (Wildman–Crippen MR) is 95.6 cm³/mol. The summed E-state index contributed by atoms with van der Waals surface area (Å²) in [5.41, 5.74) is 5.54. The van der Waals surface area contributed by atoms with Gasteiger partial charge in [0.1, 0.15) is 0 Å². The van der Waals surface area contributed by atoms with E-state index in [2.05, 4.69) is 24.5 Å². The Balaban J connectivity index is 0.00000484. The summed E-state index contributed by atoms with van der Waals surface area (Å²) < 4.78 is 0. The highest BCUT2D eigenvalue weighted by Gasteiger charge is 2.25. The number of nitrogens with one attached hydrogen (secondary N) is 2. The lowest BCUT2D eigenvalue weighted by atomic mass is 9.94. The van der Waals surface area contributed by atoms with E-state index in [-0.39, 0.29) is 30.3 Å². The van der Waals surface area contributed by atoms with Crippen LogP contribution in [0.3, 0.4) is 0 Å². The highest BCUT2D eigenvalue weighted by atomic mass is 35.5. The van der Waals surface area contributed by atoms with Crippen LogP contribution in [0.15, 0.2) is 0 Å². The van der Waals surface area contributed by atoms with Crippen molar-refractivity contribution in [2.45, 2.75) is 40.0 Å². The van der Waals surface area contributed by atoms with Crippen LogP contribution in [0.1, 0.15) is 40.0 Å². The summed E-state index contributed by atoms with van der Waals surface area (Å²) in [5, 5.41) is 5.87. The lowest BCUT2D eigenvalue weighted by molar-refractivity contribution is -0.122. The highest BCUT2D eigenvalue weighted by molar-refractivity contribution is 5.85. The van der Waals surface area contributed by atoms with E-state index in [0.717, 1.165) is 19.4 Å². The summed E-state index contributed by atoms with van der Waals surface area (Å²) in [4.78, 5) is 25.9. The number of likely N-dealkylation sites (tertiary alicyclic amines) is 1. The molecule has 2 atom stereocenters. The van der Waals surface area contributed by atoms with Gasteiger partial charge >= 0.3 is 6.03 Å². The number of carbonyl (C=O) groups is 2. The fourth-order valence-corrected chi connectivity index (χ4v) is 2.53. The van der Waals surface area contributed by atoms with Crippen LogP contribution in [-0.2, 0) is 4.79 Å². The molecule has 0 aromatic heterocycles. The van der Waals surface area contributed by atoms with Gasteiger partial charge in [0, 0.05) is 32.6 Å². The van der Waals surface area contributed by atoms with Crippen molar-refractivity contribution in [1.29, 1.82) is 0 Å². The van der Waals surface area contributed by atoms with Gasteiger partial charge in [-0.15, -0.1) is 12.4 Å². The maximum atomic E-state index is 12.1. The Bertz CT molecular complexity index is 366. The Kier molecular flexibility index (Phi) is 11.0. The Morgan fingerprint density at radius 1 is 1.22 bits per heavy atom. The molecule has 3 amide bonds. The molecule has 1 aliphatic rings. The molecule has 0 spiro atoms. The third-order valence-corrected chi connectivity index (χ3v) is 3.99. The predicted octanol–water partition coefficient (Wildman–Crippen LogP) is 1.59. The van der Waals surface area contributed by atoms with E-state index >= 15 is 0 Å². The van der Waals surface area contributed by atoms with Gasteiger partial charge in [0.15, 0.2) is 0 Å². The van der Waals surface area contributed by atoms with Crippen LogP contribution in [0.25, 0.3) is 0 Å². The maximum absolute atomic E-state index is 12.1. The van der Waals surface area contributed by atoms with Gasteiger partial charge in [0.2, 0.25) is 5.91 Å². The minimum atomic E-state index is -0.00411. The molecule has 0 aromatic rings. The van der Waals surface area contributed by atoms with Crippen LogP contribution < -0.4 is 16.4 Å². The van der Waals surface area contributed by atoms with Gasteiger partial charge in [-0.1, -0.05) is 20.8 Å². The quantitative estimate of drug-likeness (QED) is 0.652. The van der Waals surface area contributed by atoms with Crippen molar-refractivity contribution in [2.75, 3.05) is 32.7 Å². The van der Waals surface area contributed by atoms with Gasteiger partial charge in [-0.25, -0.2) is 4.79 Å². The van der Waals surface area contributed by atoms with E-state index in [4.69, 9.17) is 5.73 Å². The van der Waals surface area contributed by atoms with Gasteiger partial charge in [-0.05, 0) is 37.1 Å². The normalized spacial score (nSPS) is 19.0. The highest BCUT2D eigenvalue weighted by Crippen LogP contribution is 2.19. The molecule has 4 N–H and O–H groups in total. The number of hydrogen-bond donors (Lipinski definition) is 3. The fraction of sp³-hybridized carbons (Fsp3) is 0.875. The van der Waals surface area contributed by atoms with Crippen molar-refractivity contribution in [3.8, 4) is 0 Å². The Hall–Kier alpha value is -1.01. The van der Waals surface area contributed by atoms with Crippen LogP contribution in [0.2, 0.25) is 0 Å². The Morgan fingerprint density at radius 2 is 1.91 bits per heavy atom. The minimum absolute atomic E-state index is 0. The molecule has 0 aromatic carbocycles. The van der Waals surface area contributed by atoms with E-state index in [1.807, 2.05) is 11.8 Å². The number of hydrogen-bond acceptors (Lipinski definition) is 3. The number of nitrogens with two attached hydrogens (primary N) is 1. The van der Waals surface area contributed by atoms with Gasteiger partial charge in [0.25, 0.3) is 0 Å². The van der Waals surface area contributed by atoms with Gasteiger partial charge < -0.3 is 21.3 Å². The number of amides is 3. The van der Waals surface area contributed by atoms with Gasteiger partial charge in [0.05, 0.1) is 0 Å². The molecule has 1 saturated heterocycles. The van der Waals surface area contributed by atoms with E-state index in [0.29, 0.717) is 44.4 Å². The van der Waals surface area contributed by atoms with Crippen LogP contribution in [0.5, 0.6) is 0 Å². The van der Waals surface area contributed by atoms with Crippen molar-refractivity contribution in [1.82, 2.24) is 15.5 Å². The Morgan fingerprint density at radius 3 is 2.52 bits per heavy atom. The van der Waals surface area contributed by atoms with Crippen molar-refractivity contribution < 1.29 is 9.59 Å². The summed E-state index contributed by atoms with van der Waals surface area (Å²) in [7, 11) is 0. The second kappa shape index (κ2) is 11.5.